The van der Waals surface area contributed by atoms with E-state index in [1.807, 2.05) is 17.0 Å². The van der Waals surface area contributed by atoms with Gasteiger partial charge in [0.1, 0.15) is 11.5 Å². The molecule has 3 N–H and O–H groups in total. The number of hydrogen-bond acceptors (Lipinski definition) is 9. The number of aliphatic hydroxyl groups is 1. The third-order valence-corrected chi connectivity index (χ3v) is 8.92. The van der Waals surface area contributed by atoms with Crippen molar-refractivity contribution in [2.45, 2.75) is 57.8 Å². The maximum Gasteiger partial charge on any atom is 0.306 e. The molecule has 2 aliphatic rings. The van der Waals surface area contributed by atoms with Gasteiger partial charge < -0.3 is 20.4 Å². The lowest BCUT2D eigenvalue weighted by Crippen LogP contribution is -2.36. The largest absolute Gasteiger partial charge is 0.481 e. The topological polar surface area (TPSA) is 115 Å². The highest BCUT2D eigenvalue weighted by Gasteiger charge is 2.27. The molecule has 208 valence electrons. The van der Waals surface area contributed by atoms with E-state index in [-0.39, 0.29) is 5.92 Å². The first kappa shape index (κ1) is 28.0. The van der Waals surface area contributed by atoms with Gasteiger partial charge in [0, 0.05) is 46.2 Å². The number of rotatable bonds is 9. The van der Waals surface area contributed by atoms with Crippen LogP contribution >= 0.6 is 34.5 Å². The number of nitrogens with one attached hydrogen (secondary N) is 1. The van der Waals surface area contributed by atoms with Crippen LogP contribution in [0.1, 0.15) is 55.8 Å². The molecular formula is C27H32Cl2N6O3S. The number of carboxylic acids is 1. The Labute approximate surface area is 241 Å². The summed E-state index contributed by atoms with van der Waals surface area (Å²) >= 11 is 14.1. The van der Waals surface area contributed by atoms with Crippen LogP contribution in [0.3, 0.4) is 0 Å². The number of nitrogens with zero attached hydrogens (tertiary/aromatic N) is 5. The van der Waals surface area contributed by atoms with Gasteiger partial charge in [0.15, 0.2) is 11.4 Å². The van der Waals surface area contributed by atoms with Gasteiger partial charge in [-0.3, -0.25) is 14.7 Å². The van der Waals surface area contributed by atoms with Crippen molar-refractivity contribution in [1.82, 2.24) is 19.9 Å². The molecule has 2 saturated heterocycles. The smallest absolute Gasteiger partial charge is 0.306 e. The second kappa shape index (κ2) is 12.3. The number of piperidine rings is 1. The molecule has 0 radical (unpaired) electrons. The lowest BCUT2D eigenvalue weighted by molar-refractivity contribution is -0.142. The van der Waals surface area contributed by atoms with E-state index < -0.39 is 12.2 Å². The fourth-order valence-electron chi connectivity index (χ4n) is 5.37. The molecule has 1 unspecified atom stereocenters. The summed E-state index contributed by atoms with van der Waals surface area (Å²) in [4.78, 5) is 30.5. The molecule has 0 saturated carbocycles. The van der Waals surface area contributed by atoms with Crippen LogP contribution in [0.4, 0.5) is 10.9 Å². The molecule has 1 aromatic carbocycles. The lowest BCUT2D eigenvalue weighted by atomic mass is 9.97. The Morgan fingerprint density at radius 2 is 1.87 bits per heavy atom. The highest BCUT2D eigenvalue weighted by molar-refractivity contribution is 7.16. The highest BCUT2D eigenvalue weighted by Crippen LogP contribution is 2.37. The minimum absolute atomic E-state index is 0.311. The van der Waals surface area contributed by atoms with Crippen molar-refractivity contribution in [3.63, 3.8) is 0 Å². The van der Waals surface area contributed by atoms with Crippen molar-refractivity contribution in [2.24, 2.45) is 5.92 Å². The molecule has 0 amide bonds. The molecule has 0 aliphatic carbocycles. The molecule has 39 heavy (non-hydrogen) atoms. The van der Waals surface area contributed by atoms with Gasteiger partial charge in [-0.25, -0.2) is 9.97 Å². The average molecular weight is 592 g/mol. The van der Waals surface area contributed by atoms with Crippen LogP contribution in [0.25, 0.3) is 11.3 Å². The second-order valence-electron chi connectivity index (χ2n) is 10.1. The van der Waals surface area contributed by atoms with E-state index in [0.717, 1.165) is 35.6 Å². The van der Waals surface area contributed by atoms with Crippen molar-refractivity contribution < 1.29 is 15.0 Å². The quantitative estimate of drug-likeness (QED) is 0.270. The van der Waals surface area contributed by atoms with Crippen LogP contribution in [-0.4, -0.2) is 61.7 Å². The molecule has 3 aromatic rings. The van der Waals surface area contributed by atoms with E-state index in [9.17, 15) is 15.0 Å². The van der Waals surface area contributed by atoms with Crippen LogP contribution in [0.2, 0.25) is 10.0 Å². The number of halogens is 2. The molecular weight excluding hydrogens is 559 g/mol. The Hall–Kier alpha value is -2.50. The van der Waals surface area contributed by atoms with Gasteiger partial charge in [0.25, 0.3) is 0 Å². The summed E-state index contributed by atoms with van der Waals surface area (Å²) in [5, 5.41) is 24.9. The van der Waals surface area contributed by atoms with Gasteiger partial charge in [-0.15, -0.1) is 11.3 Å². The number of anilines is 2. The summed E-state index contributed by atoms with van der Waals surface area (Å²) < 4.78 is 0. The van der Waals surface area contributed by atoms with E-state index in [1.54, 1.807) is 18.5 Å². The first-order valence-corrected chi connectivity index (χ1v) is 14.8. The van der Waals surface area contributed by atoms with Crippen LogP contribution in [-0.2, 0) is 11.3 Å². The molecule has 9 nitrogen and oxygen atoms in total. The Morgan fingerprint density at radius 1 is 1.13 bits per heavy atom. The summed E-state index contributed by atoms with van der Waals surface area (Å²) in [6.45, 7) is 5.26. The Morgan fingerprint density at radius 3 is 2.51 bits per heavy atom. The second-order valence-corrected chi connectivity index (χ2v) is 12.0. The molecule has 5 rings (SSSR count). The molecule has 0 bridgehead atoms. The van der Waals surface area contributed by atoms with E-state index in [0.29, 0.717) is 58.7 Å². The van der Waals surface area contributed by atoms with Crippen LogP contribution in [0.15, 0.2) is 30.6 Å². The summed E-state index contributed by atoms with van der Waals surface area (Å²) in [6, 6.07) is 5.97. The summed E-state index contributed by atoms with van der Waals surface area (Å²) in [5.41, 5.74) is 2.00. The zero-order chi connectivity index (χ0) is 27.5. The van der Waals surface area contributed by atoms with Gasteiger partial charge >= 0.3 is 5.97 Å². The fraction of sp³-hybridized carbons (Fsp3) is 0.481. The predicted molar refractivity (Wildman–Crippen MR) is 154 cm³/mol. The Balaban J connectivity index is 1.32. The third kappa shape index (κ3) is 6.63. The monoisotopic (exact) mass is 590 g/mol. The molecule has 2 aromatic heterocycles. The molecule has 4 heterocycles. The van der Waals surface area contributed by atoms with Gasteiger partial charge in [-0.2, -0.15) is 0 Å². The SMILES string of the molecule is CC[C@@H]1CCCN1Cc1sc(NC(O)c2cnc(N3CCC(C(=O)O)CC3)cn2)nc1-c1cc(Cl)cc(Cl)c1. The third-order valence-electron chi connectivity index (χ3n) is 7.52. The summed E-state index contributed by atoms with van der Waals surface area (Å²) in [5.74, 6) is -0.390. The van der Waals surface area contributed by atoms with Crippen LogP contribution in [0.5, 0.6) is 0 Å². The van der Waals surface area contributed by atoms with Crippen molar-refractivity contribution in [3.8, 4) is 11.3 Å². The molecule has 12 heteroatoms. The van der Waals surface area contributed by atoms with Crippen molar-refractivity contribution in [3.05, 3.63) is 51.2 Å². The maximum atomic E-state index is 11.2. The number of carbonyl (C=O) groups is 1. The average Bonchev–Trinajstić information content (AvgIpc) is 3.54. The first-order chi connectivity index (χ1) is 18.8. The van der Waals surface area contributed by atoms with Crippen molar-refractivity contribution in [1.29, 1.82) is 0 Å². The fourth-order valence-corrected chi connectivity index (χ4v) is 6.93. The summed E-state index contributed by atoms with van der Waals surface area (Å²) in [6.07, 6.45) is 6.69. The first-order valence-electron chi connectivity index (χ1n) is 13.2. The number of carboxylic acid groups (broad SMARTS) is 1. The Bertz CT molecular complexity index is 1280. The minimum Gasteiger partial charge on any atom is -0.481 e. The molecule has 2 atom stereocenters. The van der Waals surface area contributed by atoms with Crippen LogP contribution in [0, 0.1) is 5.92 Å². The molecule has 2 fully saturated rings. The van der Waals surface area contributed by atoms with Gasteiger partial charge in [-0.05, 0) is 56.8 Å². The van der Waals surface area contributed by atoms with E-state index in [2.05, 4.69) is 27.1 Å². The molecule has 0 spiro atoms. The zero-order valence-electron chi connectivity index (χ0n) is 21.7. The lowest BCUT2D eigenvalue weighted by Gasteiger charge is -2.30. The number of benzene rings is 1. The number of aliphatic hydroxyl groups excluding tert-OH is 1. The molecule has 2 aliphatic heterocycles. The highest BCUT2D eigenvalue weighted by atomic mass is 35.5. The number of aliphatic carboxylic acids is 1. The number of hydrogen-bond donors (Lipinski definition) is 3. The van der Waals surface area contributed by atoms with Crippen LogP contribution < -0.4 is 10.2 Å². The predicted octanol–water partition coefficient (Wildman–Crippen LogP) is 5.69. The van der Waals surface area contributed by atoms with E-state index in [4.69, 9.17) is 28.2 Å². The normalized spacial score (nSPS) is 19.4. The standard InChI is InChI=1S/C27H32Cl2N6O3S/c1-2-20-4-3-7-35(20)15-22-24(17-10-18(28)12-19(29)11-17)32-27(39-22)33-25(36)21-13-31-23(14-30-21)34-8-5-16(6-9-34)26(37)38/h10-14,16,20,25,36H,2-9,15H2,1H3,(H,32,33)(H,37,38)/t20-,25?/m1/s1. The Kier molecular flexibility index (Phi) is 8.88. The number of thiazole rings is 1. The minimum atomic E-state index is -1.10. The van der Waals surface area contributed by atoms with E-state index >= 15 is 0 Å². The van der Waals surface area contributed by atoms with Crippen molar-refractivity contribution in [2.75, 3.05) is 29.9 Å². The summed E-state index contributed by atoms with van der Waals surface area (Å²) in [7, 11) is 0. The zero-order valence-corrected chi connectivity index (χ0v) is 24.0. The van der Waals surface area contributed by atoms with Gasteiger partial charge in [0.2, 0.25) is 0 Å². The van der Waals surface area contributed by atoms with Gasteiger partial charge in [-0.1, -0.05) is 30.1 Å². The van der Waals surface area contributed by atoms with Gasteiger partial charge in [0.05, 0.1) is 24.0 Å². The van der Waals surface area contributed by atoms with Crippen molar-refractivity contribution >= 4 is 51.5 Å². The number of aromatic nitrogens is 3. The van der Waals surface area contributed by atoms with E-state index in [1.165, 1.54) is 24.2 Å². The number of likely N-dealkylation sites (tertiary alicyclic amines) is 1. The maximum absolute atomic E-state index is 11.2.